The number of nitrogens with zero attached hydrogens (tertiary/aromatic N) is 2. The molecule has 2 aromatic carbocycles. The fourth-order valence-electron chi connectivity index (χ4n) is 3.44. The van der Waals surface area contributed by atoms with Crippen LogP contribution in [0.25, 0.3) is 22.0 Å². The topological polar surface area (TPSA) is 116 Å². The number of aliphatic carboxylic acids is 1. The molecule has 176 valence electrons. The van der Waals surface area contributed by atoms with E-state index in [9.17, 15) is 27.5 Å². The monoisotopic (exact) mass is 476 g/mol. The van der Waals surface area contributed by atoms with Crippen molar-refractivity contribution in [2.75, 3.05) is 20.0 Å². The Bertz CT molecular complexity index is 1370. The standard InChI is InChI=1S/C23H25FN2O6S/c1-23(22(28)29,33(3,30)31)9-10-26-14-25-20-13-16(5-7-18(20)21(26)27)17-6-4-15(8-11-32-2)12-19(17)24/h4-7,12-14H,8-11H2,1-3H3,(H,28,29). The molecule has 33 heavy (non-hydrogen) atoms. The largest absolute Gasteiger partial charge is 0.480 e. The molecule has 0 fully saturated rings. The summed E-state index contributed by atoms with van der Waals surface area (Å²) in [4.78, 5) is 28.7. The minimum absolute atomic E-state index is 0.142. The van der Waals surface area contributed by atoms with Crippen molar-refractivity contribution in [3.8, 4) is 11.1 Å². The van der Waals surface area contributed by atoms with Gasteiger partial charge in [0, 0.05) is 25.5 Å². The van der Waals surface area contributed by atoms with Crippen LogP contribution in [0, 0.1) is 5.82 Å². The molecule has 1 heterocycles. The third kappa shape index (κ3) is 4.96. The first-order chi connectivity index (χ1) is 15.5. The minimum Gasteiger partial charge on any atom is -0.480 e. The molecule has 0 aliphatic heterocycles. The van der Waals surface area contributed by atoms with Crippen LogP contribution in [0.3, 0.4) is 0 Å². The molecule has 0 aliphatic rings. The minimum atomic E-state index is -3.92. The van der Waals surface area contributed by atoms with E-state index in [1.807, 2.05) is 6.07 Å². The lowest BCUT2D eigenvalue weighted by Gasteiger charge is -2.22. The van der Waals surface area contributed by atoms with Crippen LogP contribution in [0.5, 0.6) is 0 Å². The smallest absolute Gasteiger partial charge is 0.324 e. The molecule has 10 heteroatoms. The average molecular weight is 477 g/mol. The number of methoxy groups -OCH3 is 1. The summed E-state index contributed by atoms with van der Waals surface area (Å²) in [6.07, 6.45) is 2.39. The summed E-state index contributed by atoms with van der Waals surface area (Å²) in [6.45, 7) is 1.46. The maximum Gasteiger partial charge on any atom is 0.324 e. The normalized spacial score (nSPS) is 13.7. The molecule has 0 bridgehead atoms. The van der Waals surface area contributed by atoms with Gasteiger partial charge in [0.05, 0.1) is 23.8 Å². The first kappa shape index (κ1) is 24.5. The molecule has 0 saturated carbocycles. The van der Waals surface area contributed by atoms with Crippen LogP contribution in [-0.2, 0) is 32.3 Å². The van der Waals surface area contributed by atoms with E-state index >= 15 is 0 Å². The maximum atomic E-state index is 14.7. The van der Waals surface area contributed by atoms with Gasteiger partial charge in [0.15, 0.2) is 14.6 Å². The summed E-state index contributed by atoms with van der Waals surface area (Å²) in [5.41, 5.74) is 1.64. The molecule has 0 saturated heterocycles. The fourth-order valence-corrected chi connectivity index (χ4v) is 4.22. The number of rotatable bonds is 9. The van der Waals surface area contributed by atoms with Crippen molar-refractivity contribution in [1.29, 1.82) is 0 Å². The molecule has 1 atom stereocenters. The molecule has 0 amide bonds. The van der Waals surface area contributed by atoms with Crippen LogP contribution in [0.4, 0.5) is 4.39 Å². The van der Waals surface area contributed by atoms with Crippen LogP contribution >= 0.6 is 0 Å². The summed E-state index contributed by atoms with van der Waals surface area (Å²) >= 11 is 0. The zero-order valence-electron chi connectivity index (χ0n) is 18.5. The third-order valence-electron chi connectivity index (χ3n) is 5.87. The van der Waals surface area contributed by atoms with E-state index in [0.717, 1.165) is 18.7 Å². The number of benzene rings is 2. The van der Waals surface area contributed by atoms with Crippen molar-refractivity contribution >= 4 is 26.7 Å². The number of carboxylic acids is 1. The number of sulfone groups is 1. The SMILES string of the molecule is COCCc1ccc(-c2ccc3c(=O)n(CCC(C)(C(=O)O)S(C)(=O)=O)cnc3c2)c(F)c1. The number of fused-ring (bicyclic) bond motifs is 1. The van der Waals surface area contributed by atoms with Crippen molar-refractivity contribution in [3.63, 3.8) is 0 Å². The van der Waals surface area contributed by atoms with Crippen molar-refractivity contribution in [2.45, 2.75) is 31.1 Å². The summed E-state index contributed by atoms with van der Waals surface area (Å²) < 4.78 is 42.7. The maximum absolute atomic E-state index is 14.7. The second kappa shape index (κ2) is 9.40. The highest BCUT2D eigenvalue weighted by Gasteiger charge is 2.43. The quantitative estimate of drug-likeness (QED) is 0.505. The molecule has 1 aromatic heterocycles. The Balaban J connectivity index is 1.91. The lowest BCUT2D eigenvalue weighted by Crippen LogP contribution is -2.44. The third-order valence-corrected chi connectivity index (χ3v) is 7.88. The molecule has 1 N–H and O–H groups in total. The Morgan fingerprint density at radius 1 is 1.24 bits per heavy atom. The number of hydrogen-bond donors (Lipinski definition) is 1. The van der Waals surface area contributed by atoms with E-state index in [4.69, 9.17) is 4.74 Å². The molecule has 8 nitrogen and oxygen atoms in total. The van der Waals surface area contributed by atoms with E-state index in [0.29, 0.717) is 29.7 Å². The number of hydrogen-bond acceptors (Lipinski definition) is 6. The zero-order chi connectivity index (χ0) is 24.4. The highest BCUT2D eigenvalue weighted by atomic mass is 32.2. The van der Waals surface area contributed by atoms with Gasteiger partial charge in [-0.3, -0.25) is 14.2 Å². The van der Waals surface area contributed by atoms with Gasteiger partial charge in [-0.2, -0.15) is 0 Å². The number of halogens is 1. The molecule has 3 aromatic rings. The Morgan fingerprint density at radius 3 is 2.58 bits per heavy atom. The average Bonchev–Trinajstić information content (AvgIpc) is 2.76. The molecule has 0 radical (unpaired) electrons. The molecular formula is C23H25FN2O6S. The van der Waals surface area contributed by atoms with Crippen LogP contribution in [-0.4, -0.2) is 53.8 Å². The fraction of sp³-hybridized carbons (Fsp3) is 0.348. The van der Waals surface area contributed by atoms with Crippen molar-refractivity contribution < 1.29 is 27.4 Å². The number of carbonyl (C=O) groups is 1. The molecule has 3 rings (SSSR count). The Hall–Kier alpha value is -3.11. The Morgan fingerprint density at radius 2 is 1.97 bits per heavy atom. The molecule has 0 spiro atoms. The number of ether oxygens (including phenoxy) is 1. The lowest BCUT2D eigenvalue weighted by atomic mass is 10.0. The number of carboxylic acid groups (broad SMARTS) is 1. The van der Waals surface area contributed by atoms with Crippen LogP contribution < -0.4 is 5.56 Å². The second-order valence-corrected chi connectivity index (χ2v) is 10.5. The van der Waals surface area contributed by atoms with Gasteiger partial charge in [0.1, 0.15) is 5.82 Å². The van der Waals surface area contributed by atoms with Gasteiger partial charge in [-0.05, 0) is 49.1 Å². The second-order valence-electron chi connectivity index (χ2n) is 8.09. The molecule has 1 unspecified atom stereocenters. The Kier molecular flexibility index (Phi) is 6.99. The number of aromatic nitrogens is 2. The summed E-state index contributed by atoms with van der Waals surface area (Å²) in [7, 11) is -2.34. The van der Waals surface area contributed by atoms with Crippen LogP contribution in [0.1, 0.15) is 18.9 Å². The first-order valence-corrected chi connectivity index (χ1v) is 12.1. The highest BCUT2D eigenvalue weighted by Crippen LogP contribution is 2.26. The van der Waals surface area contributed by atoms with Crippen LogP contribution in [0.15, 0.2) is 47.5 Å². The lowest BCUT2D eigenvalue weighted by molar-refractivity contribution is -0.139. The van der Waals surface area contributed by atoms with Gasteiger partial charge >= 0.3 is 5.97 Å². The van der Waals surface area contributed by atoms with Gasteiger partial charge in [-0.1, -0.05) is 18.2 Å². The Labute approximate surface area is 190 Å². The highest BCUT2D eigenvalue weighted by molar-refractivity contribution is 7.92. The predicted octanol–water partition coefficient (Wildman–Crippen LogP) is 2.67. The van der Waals surface area contributed by atoms with Gasteiger partial charge in [-0.25, -0.2) is 17.8 Å². The summed E-state index contributed by atoms with van der Waals surface area (Å²) in [5.74, 6) is -1.88. The van der Waals surface area contributed by atoms with Gasteiger partial charge in [-0.15, -0.1) is 0 Å². The molecule has 0 aliphatic carbocycles. The number of aryl methyl sites for hydroxylation is 1. The van der Waals surface area contributed by atoms with Crippen LogP contribution in [0.2, 0.25) is 0 Å². The van der Waals surface area contributed by atoms with Crippen molar-refractivity contribution in [3.05, 3.63) is 64.5 Å². The van der Waals surface area contributed by atoms with Gasteiger partial charge < -0.3 is 9.84 Å². The van der Waals surface area contributed by atoms with E-state index < -0.39 is 31.9 Å². The van der Waals surface area contributed by atoms with Crippen molar-refractivity contribution in [1.82, 2.24) is 9.55 Å². The van der Waals surface area contributed by atoms with E-state index in [1.165, 1.54) is 23.0 Å². The van der Waals surface area contributed by atoms with Gasteiger partial charge in [0.25, 0.3) is 5.56 Å². The van der Waals surface area contributed by atoms with Gasteiger partial charge in [0.2, 0.25) is 0 Å². The van der Waals surface area contributed by atoms with E-state index in [1.54, 1.807) is 25.3 Å². The van der Waals surface area contributed by atoms with E-state index in [-0.39, 0.29) is 18.4 Å². The van der Waals surface area contributed by atoms with Crippen molar-refractivity contribution in [2.24, 2.45) is 0 Å². The first-order valence-electron chi connectivity index (χ1n) is 10.2. The zero-order valence-corrected chi connectivity index (χ0v) is 19.4. The summed E-state index contributed by atoms with van der Waals surface area (Å²) in [5, 5.41) is 9.65. The predicted molar refractivity (Wildman–Crippen MR) is 122 cm³/mol. The summed E-state index contributed by atoms with van der Waals surface area (Å²) in [6, 6.07) is 9.68. The van der Waals surface area contributed by atoms with E-state index in [2.05, 4.69) is 4.98 Å². The molecular weight excluding hydrogens is 451 g/mol.